The highest BCUT2D eigenvalue weighted by molar-refractivity contribution is 5.83. The van der Waals surface area contributed by atoms with Crippen LogP contribution < -0.4 is 11.5 Å². The second-order valence-electron chi connectivity index (χ2n) is 5.32. The van der Waals surface area contributed by atoms with E-state index in [0.29, 0.717) is 19.4 Å². The summed E-state index contributed by atoms with van der Waals surface area (Å²) in [6.07, 6.45) is 8.50. The Balaban J connectivity index is 4.75. The Labute approximate surface area is 132 Å². The van der Waals surface area contributed by atoms with E-state index in [2.05, 4.69) is 16.9 Å². The number of carbonyl (C=O) groups is 1. The van der Waals surface area contributed by atoms with Gasteiger partial charge in [-0.15, -0.1) is 0 Å². The molecule has 1 atom stereocenters. The lowest BCUT2D eigenvalue weighted by atomic mass is 10.1. The summed E-state index contributed by atoms with van der Waals surface area (Å²) in [6.45, 7) is 6.52. The molecule has 6 nitrogen and oxygen atoms in total. The lowest BCUT2D eigenvalue weighted by molar-refractivity contribution is -0.138. The van der Waals surface area contributed by atoms with Gasteiger partial charge in [0.05, 0.1) is 0 Å². The van der Waals surface area contributed by atoms with Crippen molar-refractivity contribution < 1.29 is 9.90 Å². The van der Waals surface area contributed by atoms with E-state index in [4.69, 9.17) is 11.5 Å². The number of nitrogens with zero attached hydrogens (tertiary/aromatic N) is 2. The number of aliphatic carboxylic acids is 1. The lowest BCUT2D eigenvalue weighted by Crippen LogP contribution is -2.23. The summed E-state index contributed by atoms with van der Waals surface area (Å²) >= 11 is 0. The molecule has 0 saturated carbocycles. The zero-order valence-electron chi connectivity index (χ0n) is 13.7. The first kappa shape index (κ1) is 19.9. The molecule has 0 radical (unpaired) electrons. The van der Waals surface area contributed by atoms with Crippen molar-refractivity contribution in [3.8, 4) is 0 Å². The van der Waals surface area contributed by atoms with E-state index < -0.39 is 12.0 Å². The molecular weight excluding hydrogens is 280 g/mol. The highest BCUT2D eigenvalue weighted by Crippen LogP contribution is 2.07. The molecule has 1 unspecified atom stereocenters. The van der Waals surface area contributed by atoms with Crippen molar-refractivity contribution in [3.05, 3.63) is 23.3 Å². The number of carboxylic acid groups (broad SMARTS) is 1. The molecule has 0 aromatic heterocycles. The molecule has 0 aliphatic heterocycles. The molecule has 0 aliphatic rings. The summed E-state index contributed by atoms with van der Waals surface area (Å²) in [4.78, 5) is 19.3. The summed E-state index contributed by atoms with van der Waals surface area (Å²) < 4.78 is 0. The van der Waals surface area contributed by atoms with E-state index in [1.165, 1.54) is 5.57 Å². The molecule has 22 heavy (non-hydrogen) atoms. The van der Waals surface area contributed by atoms with Gasteiger partial charge in [-0.1, -0.05) is 31.1 Å². The Kier molecular flexibility index (Phi) is 10.4. The smallest absolute Gasteiger partial charge is 0.328 e. The maximum Gasteiger partial charge on any atom is 0.328 e. The molecule has 0 spiro atoms. The van der Waals surface area contributed by atoms with E-state index >= 15 is 0 Å². The SMILES string of the molecule is CCC/C(C=NC(CCCN=C(N)N)C(=O)O)=C\C=C(C)C. The Morgan fingerprint density at radius 1 is 1.27 bits per heavy atom. The molecule has 0 rings (SSSR count). The fourth-order valence-corrected chi connectivity index (χ4v) is 1.69. The largest absolute Gasteiger partial charge is 0.480 e. The Morgan fingerprint density at radius 2 is 1.95 bits per heavy atom. The Hall–Kier alpha value is -2.11. The maximum atomic E-state index is 11.2. The highest BCUT2D eigenvalue weighted by Gasteiger charge is 2.14. The number of guanidine groups is 1. The highest BCUT2D eigenvalue weighted by atomic mass is 16.4. The van der Waals surface area contributed by atoms with Crippen molar-refractivity contribution in [2.45, 2.75) is 52.5 Å². The second-order valence-corrected chi connectivity index (χ2v) is 5.32. The molecule has 124 valence electrons. The topological polar surface area (TPSA) is 114 Å². The average molecular weight is 308 g/mol. The lowest BCUT2D eigenvalue weighted by Gasteiger charge is -2.07. The molecule has 0 saturated heterocycles. The summed E-state index contributed by atoms with van der Waals surface area (Å²) in [5, 5.41) is 9.21. The monoisotopic (exact) mass is 308 g/mol. The number of rotatable bonds is 10. The van der Waals surface area contributed by atoms with Crippen molar-refractivity contribution in [1.29, 1.82) is 0 Å². The van der Waals surface area contributed by atoms with Crippen LogP contribution in [0.15, 0.2) is 33.3 Å². The third kappa shape index (κ3) is 10.7. The van der Waals surface area contributed by atoms with Gasteiger partial charge >= 0.3 is 5.97 Å². The first-order valence-corrected chi connectivity index (χ1v) is 7.52. The van der Waals surface area contributed by atoms with Crippen molar-refractivity contribution >= 4 is 18.1 Å². The normalized spacial score (nSPS) is 13.0. The summed E-state index contributed by atoms with van der Waals surface area (Å²) in [5.41, 5.74) is 12.7. The van der Waals surface area contributed by atoms with Gasteiger partial charge in [0.25, 0.3) is 0 Å². The molecule has 0 heterocycles. The van der Waals surface area contributed by atoms with Crippen molar-refractivity contribution in [3.63, 3.8) is 0 Å². The van der Waals surface area contributed by atoms with E-state index in [9.17, 15) is 9.90 Å². The van der Waals surface area contributed by atoms with Gasteiger partial charge in [0.15, 0.2) is 5.96 Å². The molecule has 5 N–H and O–H groups in total. The number of hydrogen-bond donors (Lipinski definition) is 3. The minimum absolute atomic E-state index is 0.0188. The van der Waals surface area contributed by atoms with Crippen LogP contribution in [-0.2, 0) is 4.79 Å². The summed E-state index contributed by atoms with van der Waals surface area (Å²) in [7, 11) is 0. The van der Waals surface area contributed by atoms with Crippen LogP contribution in [0.25, 0.3) is 0 Å². The maximum absolute atomic E-state index is 11.2. The molecule has 0 fully saturated rings. The first-order chi connectivity index (χ1) is 10.4. The van der Waals surface area contributed by atoms with Gasteiger partial charge in [0.1, 0.15) is 6.04 Å². The van der Waals surface area contributed by atoms with Crippen molar-refractivity contribution in [2.24, 2.45) is 21.5 Å². The minimum Gasteiger partial charge on any atom is -0.480 e. The zero-order valence-corrected chi connectivity index (χ0v) is 13.7. The fourth-order valence-electron chi connectivity index (χ4n) is 1.69. The molecule has 0 aliphatic carbocycles. The molecule has 6 heteroatoms. The minimum atomic E-state index is -0.931. The average Bonchev–Trinajstić information content (AvgIpc) is 2.42. The second kappa shape index (κ2) is 11.5. The Morgan fingerprint density at radius 3 is 2.45 bits per heavy atom. The number of carboxylic acids is 1. The van der Waals surface area contributed by atoms with Crippen molar-refractivity contribution in [1.82, 2.24) is 0 Å². The third-order valence-corrected chi connectivity index (χ3v) is 2.80. The van der Waals surface area contributed by atoms with Crippen LogP contribution >= 0.6 is 0 Å². The van der Waals surface area contributed by atoms with E-state index in [-0.39, 0.29) is 5.96 Å². The van der Waals surface area contributed by atoms with Gasteiger partial charge < -0.3 is 16.6 Å². The Bertz CT molecular complexity index is 457. The van der Waals surface area contributed by atoms with Crippen LogP contribution in [0.2, 0.25) is 0 Å². The van der Waals surface area contributed by atoms with Gasteiger partial charge in [-0.2, -0.15) is 0 Å². The van der Waals surface area contributed by atoms with E-state index in [0.717, 1.165) is 18.4 Å². The zero-order chi connectivity index (χ0) is 17.0. The number of hydrogen-bond acceptors (Lipinski definition) is 3. The third-order valence-electron chi connectivity index (χ3n) is 2.80. The van der Waals surface area contributed by atoms with Crippen LogP contribution in [-0.4, -0.2) is 35.8 Å². The van der Waals surface area contributed by atoms with Crippen LogP contribution in [0.5, 0.6) is 0 Å². The molecular formula is C16H28N4O2. The predicted molar refractivity (Wildman–Crippen MR) is 92.2 cm³/mol. The van der Waals surface area contributed by atoms with Crippen LogP contribution in [0.1, 0.15) is 46.5 Å². The van der Waals surface area contributed by atoms with Gasteiger partial charge in [0, 0.05) is 12.8 Å². The van der Waals surface area contributed by atoms with Gasteiger partial charge in [-0.25, -0.2) is 4.79 Å². The van der Waals surface area contributed by atoms with E-state index in [1.807, 2.05) is 26.0 Å². The molecule has 0 aromatic carbocycles. The number of allylic oxidation sites excluding steroid dienone is 4. The molecule has 0 amide bonds. The summed E-state index contributed by atoms with van der Waals surface area (Å²) in [6, 6.07) is -0.763. The summed E-state index contributed by atoms with van der Waals surface area (Å²) in [5.74, 6) is -0.913. The van der Waals surface area contributed by atoms with E-state index in [1.54, 1.807) is 6.21 Å². The quantitative estimate of drug-likeness (QED) is 0.248. The fraction of sp³-hybridized carbons (Fsp3) is 0.562. The number of aliphatic imine (C=N–C) groups is 2. The van der Waals surface area contributed by atoms with Crippen LogP contribution in [0.3, 0.4) is 0 Å². The van der Waals surface area contributed by atoms with Gasteiger partial charge in [0.2, 0.25) is 0 Å². The first-order valence-electron chi connectivity index (χ1n) is 7.52. The standard InChI is InChI=1S/C16H28N4O2/c1-4-6-13(9-8-12(2)3)11-20-14(15(21)22)7-5-10-19-16(17)18/h8-9,11,14H,4-7,10H2,1-3H3,(H,21,22)(H4,17,18,19)/b13-9+,20-11?. The van der Waals surface area contributed by atoms with Crippen LogP contribution in [0, 0.1) is 0 Å². The molecule has 0 aromatic rings. The molecule has 0 bridgehead atoms. The number of nitrogens with two attached hydrogens (primary N) is 2. The van der Waals surface area contributed by atoms with Gasteiger partial charge in [-0.3, -0.25) is 9.98 Å². The van der Waals surface area contributed by atoms with Crippen molar-refractivity contribution in [2.75, 3.05) is 6.54 Å². The predicted octanol–water partition coefficient (Wildman–Crippen LogP) is 2.26. The van der Waals surface area contributed by atoms with Crippen LogP contribution in [0.4, 0.5) is 0 Å². The van der Waals surface area contributed by atoms with Gasteiger partial charge in [-0.05, 0) is 38.7 Å².